The molecule has 0 aromatic carbocycles. The topological polar surface area (TPSA) is 41.1 Å². The van der Waals surface area contributed by atoms with Gasteiger partial charge in [0, 0.05) is 18.0 Å². The van der Waals surface area contributed by atoms with Crippen molar-refractivity contribution in [2.45, 2.75) is 31.7 Å². The lowest BCUT2D eigenvalue weighted by Gasteiger charge is -2.23. The van der Waals surface area contributed by atoms with Gasteiger partial charge in [0.05, 0.1) is 6.54 Å². The maximum Gasteiger partial charge on any atom is 0.233 e. The molecular formula is C13H20N2OS. The second kappa shape index (κ2) is 6.17. The third-order valence-corrected chi connectivity index (χ3v) is 4.44. The normalized spacial score (nSPS) is 18.2. The fraction of sp³-hybridized carbons (Fsp3) is 0.615. The average molecular weight is 252 g/mol. The van der Waals surface area contributed by atoms with Gasteiger partial charge in [-0.2, -0.15) is 0 Å². The number of thiophene rings is 1. The summed E-state index contributed by atoms with van der Waals surface area (Å²) < 4.78 is 0. The summed E-state index contributed by atoms with van der Waals surface area (Å²) in [6, 6.07) is 4.61. The van der Waals surface area contributed by atoms with E-state index in [1.165, 1.54) is 30.6 Å². The van der Waals surface area contributed by atoms with Crippen LogP contribution in [-0.4, -0.2) is 19.5 Å². The Labute approximate surface area is 107 Å². The highest BCUT2D eigenvalue weighted by Gasteiger charge is 2.26. The molecule has 3 nitrogen and oxygen atoms in total. The van der Waals surface area contributed by atoms with Gasteiger partial charge in [-0.3, -0.25) is 4.79 Å². The molecule has 2 rings (SSSR count). The van der Waals surface area contributed by atoms with E-state index < -0.39 is 0 Å². The second-order valence-electron chi connectivity index (χ2n) is 4.59. The van der Waals surface area contributed by atoms with Crippen LogP contribution in [0.2, 0.25) is 0 Å². The van der Waals surface area contributed by atoms with Crippen molar-refractivity contribution in [2.24, 2.45) is 5.92 Å². The van der Waals surface area contributed by atoms with E-state index in [1.807, 2.05) is 0 Å². The molecule has 2 N–H and O–H groups in total. The van der Waals surface area contributed by atoms with Crippen LogP contribution in [0.25, 0.3) is 0 Å². The maximum absolute atomic E-state index is 11.3. The first-order chi connectivity index (χ1) is 8.31. The predicted octanol–water partition coefficient (Wildman–Crippen LogP) is 2.31. The number of carbonyl (C=O) groups is 1. The molecule has 1 aromatic heterocycles. The summed E-state index contributed by atoms with van der Waals surface area (Å²) >= 11 is 1.78. The van der Waals surface area contributed by atoms with Crippen LogP contribution in [0.4, 0.5) is 0 Å². The molecule has 17 heavy (non-hydrogen) atoms. The van der Waals surface area contributed by atoms with Crippen LogP contribution in [0, 0.1) is 5.92 Å². The van der Waals surface area contributed by atoms with Crippen LogP contribution in [0.3, 0.4) is 0 Å². The van der Waals surface area contributed by atoms with Crippen molar-refractivity contribution in [1.29, 1.82) is 0 Å². The quantitative estimate of drug-likeness (QED) is 0.844. The zero-order valence-corrected chi connectivity index (χ0v) is 11.1. The zero-order chi connectivity index (χ0) is 12.1. The van der Waals surface area contributed by atoms with Crippen LogP contribution < -0.4 is 10.6 Å². The number of nitrogens with one attached hydrogen (secondary N) is 2. The molecular weight excluding hydrogens is 232 g/mol. The van der Waals surface area contributed by atoms with Gasteiger partial charge in [0.1, 0.15) is 0 Å². The Hall–Kier alpha value is -0.870. The Balaban J connectivity index is 1.99. The van der Waals surface area contributed by atoms with Crippen molar-refractivity contribution in [3.63, 3.8) is 0 Å². The summed E-state index contributed by atoms with van der Waals surface area (Å²) in [5.41, 5.74) is 0. The molecule has 0 bridgehead atoms. The van der Waals surface area contributed by atoms with Crippen LogP contribution in [-0.2, 0) is 4.79 Å². The average Bonchev–Trinajstić information content (AvgIpc) is 3.01. The third-order valence-electron chi connectivity index (χ3n) is 3.48. The number of likely N-dealkylation sites (N-methyl/N-ethyl adjacent to an activating group) is 1. The zero-order valence-electron chi connectivity index (χ0n) is 10.2. The molecule has 0 saturated heterocycles. The van der Waals surface area contributed by atoms with Gasteiger partial charge in [-0.05, 0) is 30.2 Å². The van der Waals surface area contributed by atoms with Gasteiger partial charge in [0.15, 0.2) is 0 Å². The summed E-state index contributed by atoms with van der Waals surface area (Å²) in [7, 11) is 1.68. The predicted molar refractivity (Wildman–Crippen MR) is 71.1 cm³/mol. The molecule has 0 spiro atoms. The van der Waals surface area contributed by atoms with Gasteiger partial charge >= 0.3 is 0 Å². The molecule has 0 radical (unpaired) electrons. The van der Waals surface area contributed by atoms with Crippen molar-refractivity contribution in [3.05, 3.63) is 22.4 Å². The first-order valence-electron chi connectivity index (χ1n) is 6.28. The molecule has 1 saturated carbocycles. The van der Waals surface area contributed by atoms with E-state index in [0.717, 1.165) is 0 Å². The first-order valence-corrected chi connectivity index (χ1v) is 7.16. The molecule has 1 fully saturated rings. The van der Waals surface area contributed by atoms with E-state index in [1.54, 1.807) is 18.4 Å². The van der Waals surface area contributed by atoms with Crippen molar-refractivity contribution < 1.29 is 4.79 Å². The Kier molecular flexibility index (Phi) is 4.57. The van der Waals surface area contributed by atoms with Crippen LogP contribution >= 0.6 is 11.3 Å². The Morgan fingerprint density at radius 2 is 2.29 bits per heavy atom. The van der Waals surface area contributed by atoms with E-state index >= 15 is 0 Å². The van der Waals surface area contributed by atoms with Crippen molar-refractivity contribution in [3.8, 4) is 0 Å². The van der Waals surface area contributed by atoms with Gasteiger partial charge in [-0.15, -0.1) is 11.3 Å². The van der Waals surface area contributed by atoms with E-state index in [-0.39, 0.29) is 5.91 Å². The van der Waals surface area contributed by atoms with Crippen LogP contribution in [0.1, 0.15) is 36.6 Å². The summed E-state index contributed by atoms with van der Waals surface area (Å²) in [6.07, 6.45) is 5.22. The van der Waals surface area contributed by atoms with Crippen molar-refractivity contribution >= 4 is 17.2 Å². The maximum atomic E-state index is 11.3. The fourth-order valence-electron chi connectivity index (χ4n) is 2.55. The minimum absolute atomic E-state index is 0.0598. The lowest BCUT2D eigenvalue weighted by Crippen LogP contribution is -2.36. The summed E-state index contributed by atoms with van der Waals surface area (Å²) in [5.74, 6) is 0.753. The highest BCUT2D eigenvalue weighted by Crippen LogP contribution is 2.37. The summed E-state index contributed by atoms with van der Waals surface area (Å²) in [5, 5.41) is 8.18. The van der Waals surface area contributed by atoms with E-state index in [9.17, 15) is 4.79 Å². The monoisotopic (exact) mass is 252 g/mol. The fourth-order valence-corrected chi connectivity index (χ4v) is 3.44. The molecule has 1 heterocycles. The Bertz CT molecular complexity index is 344. The van der Waals surface area contributed by atoms with Crippen LogP contribution in [0.5, 0.6) is 0 Å². The third kappa shape index (κ3) is 3.30. The molecule has 0 aliphatic heterocycles. The minimum atomic E-state index is 0.0598. The van der Waals surface area contributed by atoms with Gasteiger partial charge in [-0.1, -0.05) is 18.9 Å². The highest BCUT2D eigenvalue weighted by atomic mass is 32.1. The van der Waals surface area contributed by atoms with Gasteiger partial charge in [-0.25, -0.2) is 0 Å². The van der Waals surface area contributed by atoms with E-state index in [2.05, 4.69) is 28.1 Å². The number of amides is 1. The summed E-state index contributed by atoms with van der Waals surface area (Å²) in [4.78, 5) is 12.7. The molecule has 1 aliphatic rings. The standard InChI is InChI=1S/C13H20N2OS/c1-14-12(16)9-15-13(10-5-2-3-6-10)11-7-4-8-17-11/h4,7-8,10,13,15H,2-3,5-6,9H2,1H3,(H,14,16). The first kappa shape index (κ1) is 12.6. The van der Waals surface area contributed by atoms with Gasteiger partial charge in [0.2, 0.25) is 5.91 Å². The van der Waals surface area contributed by atoms with E-state index in [4.69, 9.17) is 0 Å². The van der Waals surface area contributed by atoms with Crippen molar-refractivity contribution in [2.75, 3.05) is 13.6 Å². The van der Waals surface area contributed by atoms with Gasteiger partial charge in [0.25, 0.3) is 0 Å². The highest BCUT2D eigenvalue weighted by molar-refractivity contribution is 7.10. The molecule has 94 valence electrons. The number of hydrogen-bond acceptors (Lipinski definition) is 3. The molecule has 1 aliphatic carbocycles. The lowest BCUT2D eigenvalue weighted by atomic mass is 9.97. The number of hydrogen-bond donors (Lipinski definition) is 2. The lowest BCUT2D eigenvalue weighted by molar-refractivity contribution is -0.119. The molecule has 1 aromatic rings. The largest absolute Gasteiger partial charge is 0.358 e. The Morgan fingerprint density at radius 1 is 1.53 bits per heavy atom. The minimum Gasteiger partial charge on any atom is -0.358 e. The van der Waals surface area contributed by atoms with E-state index in [0.29, 0.717) is 18.5 Å². The molecule has 1 atom stereocenters. The molecule has 1 unspecified atom stereocenters. The van der Waals surface area contributed by atoms with Crippen molar-refractivity contribution in [1.82, 2.24) is 10.6 Å². The Morgan fingerprint density at radius 3 is 2.88 bits per heavy atom. The number of rotatable bonds is 5. The van der Waals surface area contributed by atoms with Gasteiger partial charge < -0.3 is 10.6 Å². The smallest absolute Gasteiger partial charge is 0.233 e. The van der Waals surface area contributed by atoms with Crippen LogP contribution in [0.15, 0.2) is 17.5 Å². The number of carbonyl (C=O) groups excluding carboxylic acids is 1. The molecule has 4 heteroatoms. The molecule has 1 amide bonds. The summed E-state index contributed by atoms with van der Waals surface area (Å²) in [6.45, 7) is 0.412. The second-order valence-corrected chi connectivity index (χ2v) is 5.57. The SMILES string of the molecule is CNC(=O)CNC(c1cccs1)C1CCCC1.